The second-order valence-corrected chi connectivity index (χ2v) is 4.28. The van der Waals surface area contributed by atoms with E-state index in [-0.39, 0.29) is 48.7 Å². The molecule has 1 aliphatic rings. The Morgan fingerprint density at radius 3 is 2.29 bits per heavy atom. The van der Waals surface area contributed by atoms with E-state index in [0.717, 1.165) is 31.5 Å². The maximum atomic E-state index is 12.7. The van der Waals surface area contributed by atoms with Crippen LogP contribution >= 0.6 is 17.0 Å². The second kappa shape index (κ2) is 7.69. The van der Waals surface area contributed by atoms with Crippen LogP contribution in [0.2, 0.25) is 0 Å². The van der Waals surface area contributed by atoms with Gasteiger partial charge < -0.3 is 13.3 Å². The number of aliphatic hydroxyl groups is 1. The van der Waals surface area contributed by atoms with Crippen molar-refractivity contribution in [3.8, 4) is 0 Å². The third-order valence-electron chi connectivity index (χ3n) is 2.98. The summed E-state index contributed by atoms with van der Waals surface area (Å²) in [6.45, 7) is 1.72. The summed E-state index contributed by atoms with van der Waals surface area (Å²) in [5.74, 6) is -0.226. The first kappa shape index (κ1) is 17.3. The van der Waals surface area contributed by atoms with Crippen LogP contribution in [0.1, 0.15) is 21.3 Å². The number of halogens is 2. The summed E-state index contributed by atoms with van der Waals surface area (Å²) >= 11 is 0. The molecule has 0 aromatic heterocycles. The average molecular weight is 316 g/mol. The molecule has 2 N–H and O–H groups in total. The van der Waals surface area contributed by atoms with Crippen LogP contribution in [0.4, 0.5) is 4.39 Å². The van der Waals surface area contributed by atoms with E-state index in [1.54, 1.807) is 12.1 Å². The molecule has 1 heterocycles. The van der Waals surface area contributed by atoms with E-state index in [4.69, 9.17) is 0 Å². The summed E-state index contributed by atoms with van der Waals surface area (Å²) in [7, 11) is 0. The third kappa shape index (κ3) is 5.22. The Morgan fingerprint density at radius 1 is 1.24 bits per heavy atom. The van der Waals surface area contributed by atoms with Gasteiger partial charge in [0, 0.05) is 6.42 Å². The zero-order valence-corrected chi connectivity index (χ0v) is 12.9. The molecule has 0 atom stereocenters. The molecule has 2 nitrogen and oxygen atoms in total. The first-order valence-electron chi connectivity index (χ1n) is 5.36. The van der Waals surface area contributed by atoms with Crippen LogP contribution in [0.15, 0.2) is 24.3 Å². The van der Waals surface area contributed by atoms with Crippen molar-refractivity contribution < 1.29 is 12.4 Å². The quantitative estimate of drug-likeness (QED) is 0.817. The van der Waals surface area contributed by atoms with E-state index in [9.17, 15) is 9.50 Å². The van der Waals surface area contributed by atoms with Gasteiger partial charge >= 0.3 is 23.1 Å². The van der Waals surface area contributed by atoms with Gasteiger partial charge in [-0.25, -0.2) is 4.39 Å². The van der Waals surface area contributed by atoms with Crippen molar-refractivity contribution in [2.75, 3.05) is 13.1 Å². The summed E-state index contributed by atoms with van der Waals surface area (Å²) in [4.78, 5) is 0. The van der Waals surface area contributed by atoms with Crippen LogP contribution in [-0.4, -0.2) is 46.8 Å². The molecule has 2 rings (SSSR count). The molecule has 1 aromatic rings. The molecule has 0 unspecified atom stereocenters. The van der Waals surface area contributed by atoms with Gasteiger partial charge in [-0.3, -0.25) is 0 Å². The van der Waals surface area contributed by atoms with E-state index < -0.39 is 5.60 Å². The van der Waals surface area contributed by atoms with Crippen molar-refractivity contribution in [1.82, 2.24) is 5.32 Å². The van der Waals surface area contributed by atoms with Crippen LogP contribution in [0, 0.1) is 5.82 Å². The molecule has 0 spiro atoms. The van der Waals surface area contributed by atoms with Gasteiger partial charge in [0.1, 0.15) is 5.82 Å². The molecule has 1 aromatic carbocycles. The Bertz CT molecular complexity index is 337. The Labute approximate surface area is 131 Å². The van der Waals surface area contributed by atoms with Crippen LogP contribution in [0.25, 0.3) is 0 Å². The Morgan fingerprint density at radius 2 is 1.76 bits per heavy atom. The molecule has 1 aliphatic heterocycles. The summed E-state index contributed by atoms with van der Waals surface area (Å²) in [5, 5.41) is 13.5. The third-order valence-corrected chi connectivity index (χ3v) is 2.98. The number of piperidine rings is 1. The molecule has 1 saturated heterocycles. The Hall–Kier alpha value is 0.316. The fourth-order valence-corrected chi connectivity index (χ4v) is 2.05. The van der Waals surface area contributed by atoms with Crippen molar-refractivity contribution >= 4 is 40.0 Å². The van der Waals surface area contributed by atoms with Crippen LogP contribution in [0.3, 0.4) is 0 Å². The number of hydrogen-bond acceptors (Lipinski definition) is 2. The molecule has 0 radical (unpaired) electrons. The summed E-state index contributed by atoms with van der Waals surface area (Å²) < 4.78 is 12.7. The van der Waals surface area contributed by atoms with Gasteiger partial charge in [0.25, 0.3) is 0 Å². The van der Waals surface area contributed by atoms with Crippen LogP contribution in [-0.2, 0) is 6.42 Å². The monoisotopic (exact) mass is 315 g/mol. The van der Waals surface area contributed by atoms with Crippen molar-refractivity contribution in [3.05, 3.63) is 35.6 Å². The predicted molar refractivity (Wildman–Crippen MR) is 75.5 cm³/mol. The fraction of sp³-hybridized carbons (Fsp3) is 0.500. The first-order chi connectivity index (χ1) is 7.18. The van der Waals surface area contributed by atoms with E-state index in [0.29, 0.717) is 6.42 Å². The summed E-state index contributed by atoms with van der Waals surface area (Å²) in [5.41, 5.74) is 0.393. The molecule has 5 heteroatoms. The van der Waals surface area contributed by atoms with Gasteiger partial charge in [-0.15, -0.1) is 17.0 Å². The molecule has 0 bridgehead atoms. The van der Waals surface area contributed by atoms with Gasteiger partial charge in [-0.05, 0) is 43.6 Å². The van der Waals surface area contributed by atoms with Gasteiger partial charge in [0.15, 0.2) is 0 Å². The summed E-state index contributed by atoms with van der Waals surface area (Å²) in [6, 6.07) is 6.38. The fourth-order valence-electron chi connectivity index (χ4n) is 2.05. The van der Waals surface area contributed by atoms with Gasteiger partial charge in [0.05, 0.1) is 5.60 Å². The first-order valence-corrected chi connectivity index (χ1v) is 5.36. The normalized spacial score (nSPS) is 17.8. The SMILES string of the molecule is Br.OC1(Cc2ccc(F)cc2)CCNCC1.[H-].[H-].[Mg+2]. The zero-order chi connectivity index (χ0) is 10.7. The zero-order valence-electron chi connectivity index (χ0n) is 11.8. The maximum absolute atomic E-state index is 12.7. The average Bonchev–Trinajstić information content (AvgIpc) is 2.22. The molecule has 0 amide bonds. The van der Waals surface area contributed by atoms with Gasteiger partial charge in [-0.2, -0.15) is 0 Å². The van der Waals surface area contributed by atoms with E-state index in [2.05, 4.69) is 5.32 Å². The molecular formula is C12H19BrFMgNO. The van der Waals surface area contributed by atoms with Gasteiger partial charge in [0.2, 0.25) is 0 Å². The second-order valence-electron chi connectivity index (χ2n) is 4.28. The smallest absolute Gasteiger partial charge is 1.00 e. The molecule has 0 saturated carbocycles. The molecule has 17 heavy (non-hydrogen) atoms. The van der Waals surface area contributed by atoms with E-state index >= 15 is 0 Å². The number of nitrogens with one attached hydrogen (secondary N) is 1. The van der Waals surface area contributed by atoms with Crippen LogP contribution < -0.4 is 5.32 Å². The summed E-state index contributed by atoms with van der Waals surface area (Å²) in [6.07, 6.45) is 2.16. The maximum Gasteiger partial charge on any atom is 2.00 e. The van der Waals surface area contributed by atoms with E-state index in [1.807, 2.05) is 0 Å². The Balaban J connectivity index is -0.000000640. The molecule has 94 valence electrons. The topological polar surface area (TPSA) is 32.3 Å². The van der Waals surface area contributed by atoms with E-state index in [1.165, 1.54) is 12.1 Å². The largest absolute Gasteiger partial charge is 2.00 e. The number of benzene rings is 1. The number of rotatable bonds is 2. The molecular weight excluding hydrogens is 297 g/mol. The minimum atomic E-state index is -0.608. The predicted octanol–water partition coefficient (Wildman–Crippen LogP) is 1.90. The van der Waals surface area contributed by atoms with Crippen molar-refractivity contribution in [3.63, 3.8) is 0 Å². The van der Waals surface area contributed by atoms with Crippen molar-refractivity contribution in [2.45, 2.75) is 24.9 Å². The van der Waals surface area contributed by atoms with Crippen molar-refractivity contribution in [2.24, 2.45) is 0 Å². The van der Waals surface area contributed by atoms with Crippen LogP contribution in [0.5, 0.6) is 0 Å². The van der Waals surface area contributed by atoms with Gasteiger partial charge in [-0.1, -0.05) is 12.1 Å². The standard InChI is InChI=1S/C12H16FNO.BrH.Mg.2H/c13-11-3-1-10(2-4-11)9-12(15)5-7-14-8-6-12;;;;/h1-4,14-15H,5-9H2;1H;;;/q;;+2;2*-1. The molecule has 0 aliphatic carbocycles. The molecule has 1 fully saturated rings. The number of hydrogen-bond donors (Lipinski definition) is 2. The van der Waals surface area contributed by atoms with Crippen molar-refractivity contribution in [1.29, 1.82) is 0 Å². The minimum absolute atomic E-state index is 0. The minimum Gasteiger partial charge on any atom is -1.00 e. The Kier molecular flexibility index (Phi) is 7.83.